The molecule has 1 heterocycles. The summed E-state index contributed by atoms with van der Waals surface area (Å²) in [7, 11) is 0. The number of nitrogens with zero attached hydrogens (tertiary/aromatic N) is 2. The summed E-state index contributed by atoms with van der Waals surface area (Å²) in [5.74, 6) is 0.721. The zero-order valence-corrected chi connectivity index (χ0v) is 9.72. The number of H-pyrrole nitrogens is 1. The van der Waals surface area contributed by atoms with E-state index in [-0.39, 0.29) is 0 Å². The van der Waals surface area contributed by atoms with E-state index in [4.69, 9.17) is 5.73 Å². The van der Waals surface area contributed by atoms with Crippen LogP contribution in [0.2, 0.25) is 0 Å². The van der Waals surface area contributed by atoms with Crippen LogP contribution in [0.1, 0.15) is 19.4 Å². The first-order chi connectivity index (χ1) is 7.68. The monoisotopic (exact) mass is 218 g/mol. The van der Waals surface area contributed by atoms with Crippen molar-refractivity contribution in [3.05, 3.63) is 42.2 Å². The molecule has 2 rings (SSSR count). The van der Waals surface area contributed by atoms with Crippen molar-refractivity contribution in [2.24, 2.45) is 5.92 Å². The molecule has 4 heteroatoms. The summed E-state index contributed by atoms with van der Waals surface area (Å²) < 4.78 is 0. The first kappa shape index (κ1) is 12.2. The molecule has 1 aromatic carbocycles. The van der Waals surface area contributed by atoms with Crippen molar-refractivity contribution in [1.82, 2.24) is 15.4 Å². The lowest BCUT2D eigenvalue weighted by Gasteiger charge is -2.03. The van der Waals surface area contributed by atoms with Crippen molar-refractivity contribution in [2.45, 2.75) is 20.3 Å². The molecule has 4 nitrogen and oxygen atoms in total. The maximum absolute atomic E-state index is 5.56. The Kier molecular flexibility index (Phi) is 5.05. The Labute approximate surface area is 95.9 Å². The molecule has 0 saturated carbocycles. The van der Waals surface area contributed by atoms with Gasteiger partial charge in [0.1, 0.15) is 0 Å². The fourth-order valence-corrected chi connectivity index (χ4v) is 1.29. The Morgan fingerprint density at radius 1 is 1.25 bits per heavy atom. The average molecular weight is 218 g/mol. The van der Waals surface area contributed by atoms with Gasteiger partial charge >= 0.3 is 0 Å². The zero-order chi connectivity index (χ0) is 11.8. The molecule has 0 unspecified atom stereocenters. The second-order valence-electron chi connectivity index (χ2n) is 4.00. The lowest BCUT2D eigenvalue weighted by Crippen LogP contribution is -1.94. The number of aromatic nitrogens is 3. The maximum atomic E-state index is 5.56. The molecule has 1 aromatic heterocycles. The molecule has 86 valence electrons. The summed E-state index contributed by atoms with van der Waals surface area (Å²) in [6.07, 6.45) is 4.38. The fraction of sp³-hybridized carbons (Fsp3) is 0.333. The van der Waals surface area contributed by atoms with Gasteiger partial charge in [0.2, 0.25) is 0 Å². The van der Waals surface area contributed by atoms with Crippen molar-refractivity contribution in [1.29, 1.82) is 0 Å². The molecule has 0 atom stereocenters. The molecule has 0 spiro atoms. The summed E-state index contributed by atoms with van der Waals surface area (Å²) in [6, 6.07) is 8.10. The predicted octanol–water partition coefficient (Wildman–Crippen LogP) is 2.27. The number of nitrogen functional groups attached to an aromatic ring is 1. The molecule has 16 heavy (non-hydrogen) atoms. The van der Waals surface area contributed by atoms with E-state index in [0.29, 0.717) is 0 Å². The molecule has 0 fully saturated rings. The third kappa shape index (κ3) is 5.14. The summed E-state index contributed by atoms with van der Waals surface area (Å²) in [5, 5.41) is 9.26. The standard InChI is InChI=1S/C10H15N.C2H3N3/c1-8(2)7-9-3-5-10(11)6-4-9;1-2-4-5-3-1/h3-6,8H,7,11H2,1-2H3;1-2H,(H,3,4,5). The van der Waals surface area contributed by atoms with E-state index in [1.165, 1.54) is 5.56 Å². The van der Waals surface area contributed by atoms with Crippen LogP contribution in [0.5, 0.6) is 0 Å². The Morgan fingerprint density at radius 3 is 2.31 bits per heavy atom. The number of nitrogens with one attached hydrogen (secondary N) is 1. The van der Waals surface area contributed by atoms with Gasteiger partial charge in [-0.15, -0.1) is 5.10 Å². The van der Waals surface area contributed by atoms with Crippen LogP contribution < -0.4 is 5.73 Å². The van der Waals surface area contributed by atoms with Gasteiger partial charge in [0, 0.05) is 11.9 Å². The second-order valence-corrected chi connectivity index (χ2v) is 4.00. The quantitative estimate of drug-likeness (QED) is 0.760. The van der Waals surface area contributed by atoms with E-state index in [0.717, 1.165) is 18.0 Å². The highest BCUT2D eigenvalue weighted by molar-refractivity contribution is 5.39. The van der Waals surface area contributed by atoms with Gasteiger partial charge in [-0.3, -0.25) is 5.10 Å². The lowest BCUT2D eigenvalue weighted by molar-refractivity contribution is 0.647. The first-order valence-electron chi connectivity index (χ1n) is 5.33. The summed E-state index contributed by atoms with van der Waals surface area (Å²) in [5.41, 5.74) is 7.77. The van der Waals surface area contributed by atoms with E-state index in [1.54, 1.807) is 12.4 Å². The number of hydrogen-bond acceptors (Lipinski definition) is 3. The molecule has 0 bridgehead atoms. The first-order valence-corrected chi connectivity index (χ1v) is 5.33. The van der Waals surface area contributed by atoms with Gasteiger partial charge in [-0.25, -0.2) is 0 Å². The van der Waals surface area contributed by atoms with Crippen LogP contribution >= 0.6 is 0 Å². The minimum absolute atomic E-state index is 0.721. The van der Waals surface area contributed by atoms with Crippen molar-refractivity contribution < 1.29 is 0 Å². The van der Waals surface area contributed by atoms with E-state index in [1.807, 2.05) is 12.1 Å². The summed E-state index contributed by atoms with van der Waals surface area (Å²) in [6.45, 7) is 4.44. The Morgan fingerprint density at radius 2 is 1.94 bits per heavy atom. The molecule has 0 aliphatic heterocycles. The van der Waals surface area contributed by atoms with Gasteiger partial charge in [-0.1, -0.05) is 31.2 Å². The highest BCUT2D eigenvalue weighted by Gasteiger charge is 1.95. The Balaban J connectivity index is 0.000000212. The smallest absolute Gasteiger partial charge is 0.0690 e. The normalized spacial score (nSPS) is 9.69. The number of benzene rings is 1. The predicted molar refractivity (Wildman–Crippen MR) is 65.8 cm³/mol. The van der Waals surface area contributed by atoms with Crippen LogP contribution in [0, 0.1) is 5.92 Å². The van der Waals surface area contributed by atoms with Crippen molar-refractivity contribution in [3.63, 3.8) is 0 Å². The van der Waals surface area contributed by atoms with Crippen molar-refractivity contribution in [2.75, 3.05) is 5.73 Å². The van der Waals surface area contributed by atoms with Crippen molar-refractivity contribution >= 4 is 5.69 Å². The van der Waals surface area contributed by atoms with Gasteiger partial charge in [0.15, 0.2) is 0 Å². The highest BCUT2D eigenvalue weighted by atomic mass is 15.3. The summed E-state index contributed by atoms with van der Waals surface area (Å²) in [4.78, 5) is 0. The number of anilines is 1. The van der Waals surface area contributed by atoms with Crippen LogP contribution in [0.15, 0.2) is 36.7 Å². The minimum atomic E-state index is 0.721. The average Bonchev–Trinajstić information content (AvgIpc) is 2.79. The molecule has 0 aliphatic rings. The van der Waals surface area contributed by atoms with E-state index < -0.39 is 0 Å². The number of aromatic amines is 1. The van der Waals surface area contributed by atoms with E-state index in [2.05, 4.69) is 41.4 Å². The number of rotatable bonds is 2. The molecule has 0 aliphatic carbocycles. The number of nitrogens with two attached hydrogens (primary N) is 1. The molecular formula is C12H18N4. The maximum Gasteiger partial charge on any atom is 0.0690 e. The number of hydrogen-bond donors (Lipinski definition) is 2. The van der Waals surface area contributed by atoms with E-state index in [9.17, 15) is 0 Å². The van der Waals surface area contributed by atoms with Gasteiger partial charge in [0.25, 0.3) is 0 Å². The van der Waals surface area contributed by atoms with Gasteiger partial charge in [0.05, 0.1) is 6.20 Å². The topological polar surface area (TPSA) is 67.6 Å². The third-order valence-electron chi connectivity index (χ3n) is 1.95. The fourth-order valence-electron chi connectivity index (χ4n) is 1.29. The molecule has 0 amide bonds. The van der Waals surface area contributed by atoms with Crippen molar-refractivity contribution in [3.8, 4) is 0 Å². The molecule has 3 N–H and O–H groups in total. The van der Waals surface area contributed by atoms with Crippen LogP contribution in [0.25, 0.3) is 0 Å². The van der Waals surface area contributed by atoms with Gasteiger partial charge < -0.3 is 5.73 Å². The highest BCUT2D eigenvalue weighted by Crippen LogP contribution is 2.09. The third-order valence-corrected chi connectivity index (χ3v) is 1.95. The molecule has 2 aromatic rings. The largest absolute Gasteiger partial charge is 0.399 e. The Bertz CT molecular complexity index is 347. The van der Waals surface area contributed by atoms with Gasteiger partial charge in [-0.2, -0.15) is 0 Å². The van der Waals surface area contributed by atoms with Crippen LogP contribution in [0.3, 0.4) is 0 Å². The molecular weight excluding hydrogens is 200 g/mol. The van der Waals surface area contributed by atoms with Gasteiger partial charge in [-0.05, 0) is 30.0 Å². The summed E-state index contributed by atoms with van der Waals surface area (Å²) >= 11 is 0. The van der Waals surface area contributed by atoms with Crippen LogP contribution in [-0.2, 0) is 6.42 Å². The SMILES string of the molecule is CC(C)Cc1ccc(N)cc1.c1c[nH]nn1. The van der Waals surface area contributed by atoms with Crippen LogP contribution in [0.4, 0.5) is 5.69 Å². The molecule has 0 radical (unpaired) electrons. The minimum Gasteiger partial charge on any atom is -0.399 e. The second kappa shape index (κ2) is 6.61. The van der Waals surface area contributed by atoms with Crippen LogP contribution in [-0.4, -0.2) is 15.4 Å². The Hall–Kier alpha value is -1.84. The zero-order valence-electron chi connectivity index (χ0n) is 9.72. The molecule has 0 saturated heterocycles. The lowest BCUT2D eigenvalue weighted by atomic mass is 10.0. The van der Waals surface area contributed by atoms with E-state index >= 15 is 0 Å².